The Labute approximate surface area is 144 Å². The zero-order chi connectivity index (χ0) is 18.0. The number of likely N-dealkylation sites (tertiary alicyclic amines) is 1. The number of nitrogens with zero attached hydrogens (tertiary/aromatic N) is 2. The number of rotatable bonds is 4. The summed E-state index contributed by atoms with van der Waals surface area (Å²) in [7, 11) is 0. The smallest absolute Gasteiger partial charge is 0.335 e. The standard InChI is InChI=1S/C18H18N2O5/c1-11-14(3-2-8-19-11)17(22)20-9-15(21)16(10-20)25-13-6-4-12(5-7-13)18(23)24/h2-8,15-16,21H,9-10H2,1H3,(H,23,24)/t15-,16-/m1/s1. The van der Waals surface area contributed by atoms with Gasteiger partial charge in [0, 0.05) is 11.9 Å². The van der Waals surface area contributed by atoms with Crippen molar-refractivity contribution in [1.29, 1.82) is 0 Å². The second-order valence-corrected chi connectivity index (χ2v) is 5.90. The number of pyridine rings is 1. The van der Waals surface area contributed by atoms with Gasteiger partial charge in [0.15, 0.2) is 0 Å². The van der Waals surface area contributed by atoms with E-state index in [1.165, 1.54) is 29.2 Å². The Bertz CT molecular complexity index is 790. The summed E-state index contributed by atoms with van der Waals surface area (Å²) in [6.07, 6.45) is 0.231. The van der Waals surface area contributed by atoms with Gasteiger partial charge in [-0.2, -0.15) is 0 Å². The van der Waals surface area contributed by atoms with E-state index in [1.54, 1.807) is 25.3 Å². The molecule has 1 amide bonds. The molecule has 0 spiro atoms. The summed E-state index contributed by atoms with van der Waals surface area (Å²) < 4.78 is 5.72. The Morgan fingerprint density at radius 2 is 1.92 bits per heavy atom. The van der Waals surface area contributed by atoms with E-state index in [0.717, 1.165) is 0 Å². The van der Waals surface area contributed by atoms with Gasteiger partial charge in [-0.25, -0.2) is 4.79 Å². The number of aliphatic hydroxyl groups is 1. The number of carbonyl (C=O) groups excluding carboxylic acids is 1. The molecule has 2 atom stereocenters. The Morgan fingerprint density at radius 3 is 2.56 bits per heavy atom. The molecule has 1 aromatic heterocycles. The van der Waals surface area contributed by atoms with Gasteiger partial charge in [0.2, 0.25) is 0 Å². The molecule has 0 unspecified atom stereocenters. The van der Waals surface area contributed by atoms with Crippen LogP contribution in [-0.4, -0.2) is 57.3 Å². The normalized spacial score (nSPS) is 19.7. The fourth-order valence-electron chi connectivity index (χ4n) is 2.77. The summed E-state index contributed by atoms with van der Waals surface area (Å²) in [6, 6.07) is 9.33. The number of aliphatic hydroxyl groups excluding tert-OH is 1. The Hall–Kier alpha value is -2.93. The van der Waals surface area contributed by atoms with E-state index in [9.17, 15) is 14.7 Å². The second-order valence-electron chi connectivity index (χ2n) is 5.90. The highest BCUT2D eigenvalue weighted by atomic mass is 16.5. The summed E-state index contributed by atoms with van der Waals surface area (Å²) in [6.45, 7) is 2.18. The monoisotopic (exact) mass is 342 g/mol. The molecule has 3 rings (SSSR count). The lowest BCUT2D eigenvalue weighted by Gasteiger charge is -2.18. The number of aryl methyl sites for hydroxylation is 1. The van der Waals surface area contributed by atoms with Gasteiger partial charge in [0.05, 0.1) is 24.2 Å². The number of amides is 1. The SMILES string of the molecule is Cc1ncccc1C(=O)N1C[C@@H](O)[C@H](Oc2ccc(C(=O)O)cc2)C1. The van der Waals surface area contributed by atoms with Gasteiger partial charge in [-0.1, -0.05) is 0 Å². The van der Waals surface area contributed by atoms with Crippen molar-refractivity contribution in [2.24, 2.45) is 0 Å². The molecule has 1 aliphatic heterocycles. The van der Waals surface area contributed by atoms with Crippen LogP contribution in [0.25, 0.3) is 0 Å². The lowest BCUT2D eigenvalue weighted by molar-refractivity contribution is 0.0693. The summed E-state index contributed by atoms with van der Waals surface area (Å²) >= 11 is 0. The van der Waals surface area contributed by atoms with Crippen LogP contribution in [0.5, 0.6) is 5.75 Å². The fourth-order valence-corrected chi connectivity index (χ4v) is 2.77. The van der Waals surface area contributed by atoms with E-state index >= 15 is 0 Å². The van der Waals surface area contributed by atoms with Gasteiger partial charge in [-0.05, 0) is 43.3 Å². The molecule has 130 valence electrons. The molecule has 2 N–H and O–H groups in total. The second kappa shape index (κ2) is 6.90. The zero-order valence-electron chi connectivity index (χ0n) is 13.6. The predicted molar refractivity (Wildman–Crippen MR) is 88.7 cm³/mol. The van der Waals surface area contributed by atoms with Crippen molar-refractivity contribution in [3.8, 4) is 5.75 Å². The molecule has 0 radical (unpaired) electrons. The van der Waals surface area contributed by atoms with Crippen LogP contribution in [-0.2, 0) is 0 Å². The van der Waals surface area contributed by atoms with Crippen LogP contribution < -0.4 is 4.74 Å². The summed E-state index contributed by atoms with van der Waals surface area (Å²) in [5, 5.41) is 19.1. The van der Waals surface area contributed by atoms with Gasteiger partial charge in [-0.15, -0.1) is 0 Å². The lowest BCUT2D eigenvalue weighted by Crippen LogP contribution is -2.31. The quantitative estimate of drug-likeness (QED) is 0.870. The van der Waals surface area contributed by atoms with Gasteiger partial charge < -0.3 is 19.8 Å². The van der Waals surface area contributed by atoms with E-state index < -0.39 is 18.2 Å². The van der Waals surface area contributed by atoms with E-state index in [0.29, 0.717) is 17.0 Å². The fraction of sp³-hybridized carbons (Fsp3) is 0.278. The van der Waals surface area contributed by atoms with Crippen molar-refractivity contribution in [2.75, 3.05) is 13.1 Å². The first-order chi connectivity index (χ1) is 12.0. The number of benzene rings is 1. The summed E-state index contributed by atoms with van der Waals surface area (Å²) in [5.41, 5.74) is 1.29. The van der Waals surface area contributed by atoms with Crippen LogP contribution in [0.1, 0.15) is 26.4 Å². The number of carboxylic acid groups (broad SMARTS) is 1. The summed E-state index contributed by atoms with van der Waals surface area (Å²) in [4.78, 5) is 29.1. The first kappa shape index (κ1) is 16.9. The molecule has 0 saturated carbocycles. The molecule has 1 saturated heterocycles. The number of ether oxygens (including phenoxy) is 1. The maximum absolute atomic E-state index is 12.6. The minimum Gasteiger partial charge on any atom is -0.486 e. The molecule has 1 fully saturated rings. The number of β-amino-alcohol motifs (C(OH)–C–C–N with tert-alkyl or cyclic N) is 1. The number of carboxylic acids is 1. The molecule has 1 aliphatic rings. The van der Waals surface area contributed by atoms with Crippen molar-refractivity contribution in [3.63, 3.8) is 0 Å². The highest BCUT2D eigenvalue weighted by Gasteiger charge is 2.36. The first-order valence-corrected chi connectivity index (χ1v) is 7.84. The highest BCUT2D eigenvalue weighted by Crippen LogP contribution is 2.21. The molecule has 2 heterocycles. The van der Waals surface area contributed by atoms with Crippen LogP contribution in [0.15, 0.2) is 42.6 Å². The zero-order valence-corrected chi connectivity index (χ0v) is 13.6. The molecule has 0 bridgehead atoms. The molecule has 2 aromatic rings. The third kappa shape index (κ3) is 3.61. The lowest BCUT2D eigenvalue weighted by atomic mass is 10.2. The van der Waals surface area contributed by atoms with Crippen molar-refractivity contribution in [2.45, 2.75) is 19.1 Å². The minimum absolute atomic E-state index is 0.156. The van der Waals surface area contributed by atoms with Crippen molar-refractivity contribution < 1.29 is 24.5 Å². The van der Waals surface area contributed by atoms with Crippen LogP contribution in [0.3, 0.4) is 0 Å². The first-order valence-electron chi connectivity index (χ1n) is 7.84. The van der Waals surface area contributed by atoms with Crippen LogP contribution in [0.4, 0.5) is 0 Å². The maximum atomic E-state index is 12.6. The Balaban J connectivity index is 1.68. The molecule has 25 heavy (non-hydrogen) atoms. The molecular formula is C18H18N2O5. The average Bonchev–Trinajstić information content (AvgIpc) is 2.96. The Morgan fingerprint density at radius 1 is 1.20 bits per heavy atom. The molecule has 1 aromatic carbocycles. The molecule has 0 aliphatic carbocycles. The van der Waals surface area contributed by atoms with Crippen molar-refractivity contribution >= 4 is 11.9 Å². The predicted octanol–water partition coefficient (Wildman–Crippen LogP) is 1.35. The van der Waals surface area contributed by atoms with Gasteiger partial charge >= 0.3 is 5.97 Å². The van der Waals surface area contributed by atoms with E-state index in [4.69, 9.17) is 9.84 Å². The van der Waals surface area contributed by atoms with Gasteiger partial charge in [0.1, 0.15) is 18.0 Å². The number of aromatic carboxylic acids is 1. The maximum Gasteiger partial charge on any atom is 0.335 e. The highest BCUT2D eigenvalue weighted by molar-refractivity contribution is 5.95. The van der Waals surface area contributed by atoms with E-state index in [2.05, 4.69) is 4.98 Å². The number of hydrogen-bond donors (Lipinski definition) is 2. The molecular weight excluding hydrogens is 324 g/mol. The molecule has 7 nitrogen and oxygen atoms in total. The van der Waals surface area contributed by atoms with Gasteiger partial charge in [-0.3, -0.25) is 9.78 Å². The van der Waals surface area contributed by atoms with Gasteiger partial charge in [0.25, 0.3) is 5.91 Å². The van der Waals surface area contributed by atoms with Crippen LogP contribution >= 0.6 is 0 Å². The van der Waals surface area contributed by atoms with Crippen LogP contribution in [0.2, 0.25) is 0 Å². The van der Waals surface area contributed by atoms with E-state index in [1.807, 2.05) is 0 Å². The van der Waals surface area contributed by atoms with Crippen molar-refractivity contribution in [1.82, 2.24) is 9.88 Å². The van der Waals surface area contributed by atoms with Crippen LogP contribution in [0, 0.1) is 6.92 Å². The third-order valence-electron chi connectivity index (χ3n) is 4.15. The number of carbonyl (C=O) groups is 2. The number of aromatic nitrogens is 1. The minimum atomic E-state index is -1.02. The van der Waals surface area contributed by atoms with E-state index in [-0.39, 0.29) is 24.6 Å². The summed E-state index contributed by atoms with van der Waals surface area (Å²) in [5.74, 6) is -0.769. The van der Waals surface area contributed by atoms with Crippen molar-refractivity contribution in [3.05, 3.63) is 59.4 Å². The average molecular weight is 342 g/mol. The Kier molecular flexibility index (Phi) is 4.67. The third-order valence-corrected chi connectivity index (χ3v) is 4.15. The number of hydrogen-bond acceptors (Lipinski definition) is 5. The largest absolute Gasteiger partial charge is 0.486 e. The molecule has 7 heteroatoms. The topological polar surface area (TPSA) is 100.0 Å².